The summed E-state index contributed by atoms with van der Waals surface area (Å²) in [6, 6.07) is 4.38. The summed E-state index contributed by atoms with van der Waals surface area (Å²) in [5.74, 6) is 0.883. The maximum Gasteiger partial charge on any atom is 0.252 e. The zero-order chi connectivity index (χ0) is 16.8. The summed E-state index contributed by atoms with van der Waals surface area (Å²) in [6.45, 7) is 5.07. The van der Waals surface area contributed by atoms with Crippen LogP contribution in [0.25, 0.3) is 0 Å². The van der Waals surface area contributed by atoms with Crippen molar-refractivity contribution in [3.63, 3.8) is 0 Å². The number of amides is 1. The Morgan fingerprint density at radius 2 is 2.12 bits per heavy atom. The third-order valence-electron chi connectivity index (χ3n) is 5.03. The van der Waals surface area contributed by atoms with Crippen molar-refractivity contribution in [1.29, 1.82) is 0 Å². The molecule has 24 heavy (non-hydrogen) atoms. The minimum Gasteiger partial charge on any atom is -0.378 e. The van der Waals surface area contributed by atoms with Crippen LogP contribution in [-0.4, -0.2) is 68.3 Å². The van der Waals surface area contributed by atoms with Gasteiger partial charge in [-0.15, -0.1) is 0 Å². The Balaban J connectivity index is 1.46. The number of morpholine rings is 1. The molecule has 3 rings (SSSR count). The van der Waals surface area contributed by atoms with Gasteiger partial charge in [0, 0.05) is 31.9 Å². The molecule has 0 radical (unpaired) electrons. The lowest BCUT2D eigenvalue weighted by molar-refractivity contribution is 0.0945. The van der Waals surface area contributed by atoms with Crippen LogP contribution in [0.2, 0.25) is 0 Å². The number of carbonyl (C=O) groups excluding carboxylic acids is 1. The molecule has 3 heterocycles. The number of hydrogen-bond donors (Lipinski definition) is 1. The second-order valence-electron chi connectivity index (χ2n) is 6.68. The molecule has 6 heteroatoms. The van der Waals surface area contributed by atoms with Gasteiger partial charge in [0.25, 0.3) is 5.91 Å². The predicted octanol–water partition coefficient (Wildman–Crippen LogP) is 1.52. The number of likely N-dealkylation sites (tertiary alicyclic amines) is 1. The first-order valence-corrected chi connectivity index (χ1v) is 9.01. The minimum absolute atomic E-state index is 0.0329. The Labute approximate surface area is 144 Å². The quantitative estimate of drug-likeness (QED) is 0.886. The second kappa shape index (κ2) is 8.44. The maximum atomic E-state index is 12.3. The molecule has 6 nitrogen and oxygen atoms in total. The van der Waals surface area contributed by atoms with Crippen LogP contribution >= 0.6 is 0 Å². The standard InChI is InChI=1S/C18H28N4O2/c1-21-9-3-2-4-16(21)7-8-19-18(23)15-5-6-17(20-14-15)22-10-12-24-13-11-22/h5-6,14,16H,2-4,7-13H2,1H3,(H,19,23)/t16-/m1/s1. The van der Waals surface area contributed by atoms with Crippen LogP contribution in [0.4, 0.5) is 5.82 Å². The van der Waals surface area contributed by atoms with Crippen LogP contribution < -0.4 is 10.2 Å². The number of piperidine rings is 1. The van der Waals surface area contributed by atoms with E-state index in [1.807, 2.05) is 12.1 Å². The monoisotopic (exact) mass is 332 g/mol. The summed E-state index contributed by atoms with van der Waals surface area (Å²) in [5, 5.41) is 3.03. The van der Waals surface area contributed by atoms with Gasteiger partial charge in [0.1, 0.15) is 5.82 Å². The molecule has 2 aliphatic rings. The van der Waals surface area contributed by atoms with Gasteiger partial charge in [-0.3, -0.25) is 4.79 Å². The van der Waals surface area contributed by atoms with E-state index in [-0.39, 0.29) is 5.91 Å². The minimum atomic E-state index is -0.0329. The first-order valence-electron chi connectivity index (χ1n) is 9.01. The number of hydrogen-bond acceptors (Lipinski definition) is 5. The van der Waals surface area contributed by atoms with E-state index in [9.17, 15) is 4.79 Å². The molecule has 1 N–H and O–H groups in total. The predicted molar refractivity (Wildman–Crippen MR) is 94.5 cm³/mol. The average molecular weight is 332 g/mol. The van der Waals surface area contributed by atoms with E-state index in [4.69, 9.17) is 4.74 Å². The van der Waals surface area contributed by atoms with Crippen LogP contribution in [0, 0.1) is 0 Å². The van der Waals surface area contributed by atoms with Crippen molar-refractivity contribution in [2.75, 3.05) is 51.3 Å². The maximum absolute atomic E-state index is 12.3. The van der Waals surface area contributed by atoms with Gasteiger partial charge < -0.3 is 19.9 Å². The molecule has 1 atom stereocenters. The molecule has 0 unspecified atom stereocenters. The Morgan fingerprint density at radius 3 is 2.83 bits per heavy atom. The molecular formula is C18H28N4O2. The third-order valence-corrected chi connectivity index (χ3v) is 5.03. The van der Waals surface area contributed by atoms with Crippen molar-refractivity contribution in [3.8, 4) is 0 Å². The highest BCUT2D eigenvalue weighted by Gasteiger charge is 2.19. The van der Waals surface area contributed by atoms with Crippen LogP contribution in [0.5, 0.6) is 0 Å². The number of pyridine rings is 1. The molecule has 2 fully saturated rings. The van der Waals surface area contributed by atoms with Gasteiger partial charge in [-0.25, -0.2) is 4.98 Å². The van der Waals surface area contributed by atoms with E-state index in [0.29, 0.717) is 11.6 Å². The number of carbonyl (C=O) groups is 1. The smallest absolute Gasteiger partial charge is 0.252 e. The fourth-order valence-electron chi connectivity index (χ4n) is 3.46. The molecular weight excluding hydrogens is 304 g/mol. The second-order valence-corrected chi connectivity index (χ2v) is 6.68. The summed E-state index contributed by atoms with van der Waals surface area (Å²) >= 11 is 0. The fourth-order valence-corrected chi connectivity index (χ4v) is 3.46. The molecule has 0 bridgehead atoms. The SMILES string of the molecule is CN1CCCC[C@@H]1CCNC(=O)c1ccc(N2CCOCC2)nc1. The van der Waals surface area contributed by atoms with E-state index in [0.717, 1.165) is 45.1 Å². The van der Waals surface area contributed by atoms with Crippen LogP contribution in [-0.2, 0) is 4.74 Å². The molecule has 1 aromatic heterocycles. The first-order chi connectivity index (χ1) is 11.7. The topological polar surface area (TPSA) is 57.7 Å². The highest BCUT2D eigenvalue weighted by Crippen LogP contribution is 2.17. The van der Waals surface area contributed by atoms with Crippen molar-refractivity contribution in [1.82, 2.24) is 15.2 Å². The van der Waals surface area contributed by atoms with Gasteiger partial charge in [-0.1, -0.05) is 6.42 Å². The van der Waals surface area contributed by atoms with Crippen molar-refractivity contribution in [2.45, 2.75) is 31.7 Å². The number of anilines is 1. The Kier molecular flexibility index (Phi) is 6.04. The van der Waals surface area contributed by atoms with Gasteiger partial charge >= 0.3 is 0 Å². The van der Waals surface area contributed by atoms with Gasteiger partial charge in [0.05, 0.1) is 18.8 Å². The largest absolute Gasteiger partial charge is 0.378 e. The molecule has 1 amide bonds. The van der Waals surface area contributed by atoms with E-state index in [1.54, 1.807) is 6.20 Å². The lowest BCUT2D eigenvalue weighted by Crippen LogP contribution is -2.39. The van der Waals surface area contributed by atoms with E-state index >= 15 is 0 Å². The lowest BCUT2D eigenvalue weighted by Gasteiger charge is -2.32. The Hall–Kier alpha value is -1.66. The Morgan fingerprint density at radius 1 is 1.29 bits per heavy atom. The average Bonchev–Trinajstić information content (AvgIpc) is 2.64. The van der Waals surface area contributed by atoms with Crippen molar-refractivity contribution >= 4 is 11.7 Å². The molecule has 2 aliphatic heterocycles. The molecule has 2 saturated heterocycles. The van der Waals surface area contributed by atoms with Gasteiger partial charge in [-0.05, 0) is 45.0 Å². The highest BCUT2D eigenvalue weighted by molar-refractivity contribution is 5.94. The van der Waals surface area contributed by atoms with Crippen LogP contribution in [0.3, 0.4) is 0 Å². The number of aromatic nitrogens is 1. The molecule has 0 aromatic carbocycles. The number of nitrogens with zero attached hydrogens (tertiary/aromatic N) is 3. The van der Waals surface area contributed by atoms with Crippen molar-refractivity contribution in [2.24, 2.45) is 0 Å². The Bertz CT molecular complexity index is 528. The molecule has 1 aromatic rings. The van der Waals surface area contributed by atoms with Gasteiger partial charge in [0.15, 0.2) is 0 Å². The zero-order valence-corrected chi connectivity index (χ0v) is 14.5. The first kappa shape index (κ1) is 17.2. The molecule has 0 saturated carbocycles. The van der Waals surface area contributed by atoms with Crippen molar-refractivity contribution in [3.05, 3.63) is 23.9 Å². The summed E-state index contributed by atoms with van der Waals surface area (Å²) < 4.78 is 5.35. The van der Waals surface area contributed by atoms with Crippen LogP contribution in [0.1, 0.15) is 36.0 Å². The number of rotatable bonds is 5. The van der Waals surface area contributed by atoms with E-state index < -0.39 is 0 Å². The van der Waals surface area contributed by atoms with E-state index in [1.165, 1.54) is 25.8 Å². The lowest BCUT2D eigenvalue weighted by atomic mass is 10.0. The summed E-state index contributed by atoms with van der Waals surface area (Å²) in [4.78, 5) is 21.3. The fraction of sp³-hybridized carbons (Fsp3) is 0.667. The zero-order valence-electron chi connectivity index (χ0n) is 14.5. The third kappa shape index (κ3) is 4.45. The number of nitrogens with one attached hydrogen (secondary N) is 1. The molecule has 0 spiro atoms. The summed E-state index contributed by atoms with van der Waals surface area (Å²) in [6.07, 6.45) is 6.52. The van der Waals surface area contributed by atoms with E-state index in [2.05, 4.69) is 27.1 Å². The summed E-state index contributed by atoms with van der Waals surface area (Å²) in [5.41, 5.74) is 0.629. The molecule has 132 valence electrons. The summed E-state index contributed by atoms with van der Waals surface area (Å²) in [7, 11) is 2.18. The highest BCUT2D eigenvalue weighted by atomic mass is 16.5. The van der Waals surface area contributed by atoms with Gasteiger partial charge in [-0.2, -0.15) is 0 Å². The number of ether oxygens (including phenoxy) is 1. The van der Waals surface area contributed by atoms with Crippen LogP contribution in [0.15, 0.2) is 18.3 Å². The molecule has 0 aliphatic carbocycles. The normalized spacial score (nSPS) is 22.4. The van der Waals surface area contributed by atoms with Crippen molar-refractivity contribution < 1.29 is 9.53 Å². The van der Waals surface area contributed by atoms with Gasteiger partial charge in [0.2, 0.25) is 0 Å².